The van der Waals surface area contributed by atoms with Gasteiger partial charge in [-0.2, -0.15) is 0 Å². The lowest BCUT2D eigenvalue weighted by Gasteiger charge is -2.12. The molecule has 0 fully saturated rings. The molecule has 1 N–H and O–H groups in total. The van der Waals surface area contributed by atoms with Gasteiger partial charge in [-0.15, -0.1) is 0 Å². The molecule has 2 amide bonds. The molecule has 1 aromatic carbocycles. The molecule has 0 aliphatic carbocycles. The van der Waals surface area contributed by atoms with Gasteiger partial charge in [-0.3, -0.25) is 0 Å². The number of hydrogen-bond acceptors (Lipinski definition) is 1. The van der Waals surface area contributed by atoms with Crippen LogP contribution in [0, 0.1) is 5.82 Å². The minimum absolute atomic E-state index is 0.165. The number of amides is 2. The first-order chi connectivity index (χ1) is 6.50. The van der Waals surface area contributed by atoms with Crippen LogP contribution in [0.2, 0.25) is 0 Å². The van der Waals surface area contributed by atoms with Crippen molar-refractivity contribution in [2.24, 2.45) is 0 Å². The van der Waals surface area contributed by atoms with Crippen molar-refractivity contribution in [3.63, 3.8) is 0 Å². The van der Waals surface area contributed by atoms with Crippen molar-refractivity contribution >= 4 is 27.6 Å². The van der Waals surface area contributed by atoms with E-state index in [1.54, 1.807) is 20.2 Å². The summed E-state index contributed by atoms with van der Waals surface area (Å²) in [5, 5.41) is 2.43. The summed E-state index contributed by atoms with van der Waals surface area (Å²) in [4.78, 5) is 12.5. The Morgan fingerprint density at radius 2 is 2.14 bits per heavy atom. The first-order valence-corrected chi connectivity index (χ1v) is 4.73. The Labute approximate surface area is 90.0 Å². The minimum Gasteiger partial charge on any atom is -0.331 e. The Hall–Kier alpha value is -1.10. The number of anilines is 1. The van der Waals surface area contributed by atoms with Gasteiger partial charge in [-0.25, -0.2) is 9.18 Å². The van der Waals surface area contributed by atoms with Crippen LogP contribution in [0.5, 0.6) is 0 Å². The molecule has 0 radical (unpaired) electrons. The quantitative estimate of drug-likeness (QED) is 0.828. The van der Waals surface area contributed by atoms with Crippen LogP contribution in [0.15, 0.2) is 22.7 Å². The normalized spacial score (nSPS) is 9.71. The highest BCUT2D eigenvalue weighted by molar-refractivity contribution is 9.10. The van der Waals surface area contributed by atoms with E-state index in [0.29, 0.717) is 4.47 Å². The smallest absolute Gasteiger partial charge is 0.321 e. The fourth-order valence-corrected chi connectivity index (χ4v) is 1.18. The fourth-order valence-electron chi connectivity index (χ4n) is 0.820. The molecule has 0 heterocycles. The molecule has 76 valence electrons. The third-order valence-electron chi connectivity index (χ3n) is 1.58. The summed E-state index contributed by atoms with van der Waals surface area (Å²) < 4.78 is 13.9. The molecule has 5 heteroatoms. The van der Waals surface area contributed by atoms with E-state index in [0.717, 1.165) is 0 Å². The van der Waals surface area contributed by atoms with Gasteiger partial charge in [-0.05, 0) is 18.2 Å². The van der Waals surface area contributed by atoms with Crippen LogP contribution in [0.25, 0.3) is 0 Å². The first-order valence-electron chi connectivity index (χ1n) is 3.94. The number of urea groups is 1. The van der Waals surface area contributed by atoms with Gasteiger partial charge in [0.05, 0.1) is 5.69 Å². The number of rotatable bonds is 1. The summed E-state index contributed by atoms with van der Waals surface area (Å²) in [6.07, 6.45) is 0. The molecule has 0 bridgehead atoms. The average molecular weight is 261 g/mol. The second kappa shape index (κ2) is 4.41. The second-order valence-electron chi connectivity index (χ2n) is 2.95. The molecule has 0 aliphatic rings. The van der Waals surface area contributed by atoms with E-state index in [1.807, 2.05) is 0 Å². The number of carbonyl (C=O) groups excluding carboxylic acids is 1. The van der Waals surface area contributed by atoms with Crippen LogP contribution in [0.1, 0.15) is 0 Å². The van der Waals surface area contributed by atoms with Gasteiger partial charge in [0.2, 0.25) is 0 Å². The molecule has 0 aromatic heterocycles. The predicted molar refractivity (Wildman–Crippen MR) is 56.8 cm³/mol. The number of nitrogens with one attached hydrogen (secondary N) is 1. The molecular formula is C9H10BrFN2O. The SMILES string of the molecule is CN(C)C(=O)Nc1cc(Br)ccc1F. The standard InChI is InChI=1S/C9H10BrFN2O/c1-13(2)9(14)12-8-5-6(10)3-4-7(8)11/h3-5H,1-2H3,(H,12,14). The van der Waals surface area contributed by atoms with Crippen LogP contribution in [0.3, 0.4) is 0 Å². The van der Waals surface area contributed by atoms with Crippen LogP contribution in [0.4, 0.5) is 14.9 Å². The van der Waals surface area contributed by atoms with Crippen molar-refractivity contribution < 1.29 is 9.18 Å². The van der Waals surface area contributed by atoms with Crippen molar-refractivity contribution in [3.8, 4) is 0 Å². The molecule has 0 unspecified atom stereocenters. The van der Waals surface area contributed by atoms with Gasteiger partial charge >= 0.3 is 6.03 Å². The molecule has 1 aromatic rings. The summed E-state index contributed by atoms with van der Waals surface area (Å²) in [7, 11) is 3.18. The maximum atomic E-state index is 13.1. The highest BCUT2D eigenvalue weighted by atomic mass is 79.9. The van der Waals surface area contributed by atoms with E-state index < -0.39 is 5.82 Å². The number of halogens is 2. The molecule has 0 saturated heterocycles. The van der Waals surface area contributed by atoms with Gasteiger partial charge in [0, 0.05) is 18.6 Å². The average Bonchev–Trinajstić information content (AvgIpc) is 2.11. The van der Waals surface area contributed by atoms with Gasteiger partial charge in [0.1, 0.15) is 5.82 Å². The topological polar surface area (TPSA) is 32.3 Å². The third kappa shape index (κ3) is 2.70. The number of hydrogen-bond donors (Lipinski definition) is 1. The molecule has 3 nitrogen and oxygen atoms in total. The van der Waals surface area contributed by atoms with Crippen molar-refractivity contribution in [1.29, 1.82) is 0 Å². The largest absolute Gasteiger partial charge is 0.331 e. The van der Waals surface area contributed by atoms with Crippen molar-refractivity contribution in [2.75, 3.05) is 19.4 Å². The lowest BCUT2D eigenvalue weighted by atomic mass is 10.3. The van der Waals surface area contributed by atoms with E-state index in [9.17, 15) is 9.18 Å². The van der Waals surface area contributed by atoms with Crippen LogP contribution >= 0.6 is 15.9 Å². The van der Waals surface area contributed by atoms with E-state index in [1.165, 1.54) is 17.0 Å². The fraction of sp³-hybridized carbons (Fsp3) is 0.222. The molecule has 0 aliphatic heterocycles. The molecule has 0 spiro atoms. The molecular weight excluding hydrogens is 251 g/mol. The third-order valence-corrected chi connectivity index (χ3v) is 2.07. The predicted octanol–water partition coefficient (Wildman–Crippen LogP) is 2.68. The Morgan fingerprint density at radius 1 is 1.50 bits per heavy atom. The Balaban J connectivity index is 2.86. The summed E-state index contributed by atoms with van der Waals surface area (Å²) in [6, 6.07) is 4.01. The Kier molecular flexibility index (Phi) is 3.46. The summed E-state index contributed by atoms with van der Waals surface area (Å²) in [5.41, 5.74) is 0.165. The summed E-state index contributed by atoms with van der Waals surface area (Å²) in [5.74, 6) is -0.455. The van der Waals surface area contributed by atoms with Crippen molar-refractivity contribution in [3.05, 3.63) is 28.5 Å². The van der Waals surface area contributed by atoms with E-state index in [-0.39, 0.29) is 11.7 Å². The summed E-state index contributed by atoms with van der Waals surface area (Å²) >= 11 is 3.19. The van der Waals surface area contributed by atoms with E-state index in [4.69, 9.17) is 0 Å². The van der Waals surface area contributed by atoms with Crippen LogP contribution in [-0.2, 0) is 0 Å². The molecule has 0 atom stereocenters. The number of carbonyl (C=O) groups is 1. The van der Waals surface area contributed by atoms with Crippen molar-refractivity contribution in [2.45, 2.75) is 0 Å². The van der Waals surface area contributed by atoms with E-state index in [2.05, 4.69) is 21.2 Å². The van der Waals surface area contributed by atoms with Gasteiger partial charge in [0.15, 0.2) is 0 Å². The maximum Gasteiger partial charge on any atom is 0.321 e. The van der Waals surface area contributed by atoms with Gasteiger partial charge in [0.25, 0.3) is 0 Å². The molecule has 14 heavy (non-hydrogen) atoms. The molecule has 1 rings (SSSR count). The number of benzene rings is 1. The van der Waals surface area contributed by atoms with Crippen molar-refractivity contribution in [1.82, 2.24) is 4.90 Å². The number of nitrogens with zero attached hydrogens (tertiary/aromatic N) is 1. The lowest BCUT2D eigenvalue weighted by Crippen LogP contribution is -2.27. The maximum absolute atomic E-state index is 13.1. The van der Waals surface area contributed by atoms with Crippen LogP contribution in [-0.4, -0.2) is 25.0 Å². The van der Waals surface area contributed by atoms with Gasteiger partial charge < -0.3 is 10.2 Å². The Bertz CT molecular complexity index is 355. The van der Waals surface area contributed by atoms with Gasteiger partial charge in [-0.1, -0.05) is 15.9 Å². The monoisotopic (exact) mass is 260 g/mol. The minimum atomic E-state index is -0.455. The molecule has 0 saturated carbocycles. The van der Waals surface area contributed by atoms with E-state index >= 15 is 0 Å². The highest BCUT2D eigenvalue weighted by Crippen LogP contribution is 2.19. The lowest BCUT2D eigenvalue weighted by molar-refractivity contribution is 0.230. The second-order valence-corrected chi connectivity index (χ2v) is 3.86. The zero-order chi connectivity index (χ0) is 10.7. The summed E-state index contributed by atoms with van der Waals surface area (Å²) in [6.45, 7) is 0. The Morgan fingerprint density at radius 3 is 2.71 bits per heavy atom. The highest BCUT2D eigenvalue weighted by Gasteiger charge is 2.08. The zero-order valence-electron chi connectivity index (χ0n) is 7.84. The first kappa shape index (κ1) is 11.0. The van der Waals surface area contributed by atoms with Crippen LogP contribution < -0.4 is 5.32 Å². The zero-order valence-corrected chi connectivity index (χ0v) is 9.43.